The van der Waals surface area contributed by atoms with E-state index >= 15 is 0 Å². The number of nitrogens with one attached hydrogen (secondary N) is 1. The number of ether oxygens (including phenoxy) is 1. The highest BCUT2D eigenvalue weighted by Gasteiger charge is 2.17. The standard InChI is InChI=1S/C11H20N6O/c1-3-9-14-10(12)16-11(15-9)13-6-8-7-17(2)4-5-18-8/h8H,3-7H2,1-2H3,(H3,12,13,14,15,16). The van der Waals surface area contributed by atoms with Crippen LogP contribution >= 0.6 is 0 Å². The zero-order chi connectivity index (χ0) is 13.0. The van der Waals surface area contributed by atoms with Crippen LogP contribution in [0.15, 0.2) is 0 Å². The topological polar surface area (TPSA) is 89.2 Å². The Kier molecular flexibility index (Phi) is 4.27. The van der Waals surface area contributed by atoms with E-state index in [9.17, 15) is 0 Å². The maximum Gasteiger partial charge on any atom is 0.227 e. The van der Waals surface area contributed by atoms with Gasteiger partial charge in [-0.25, -0.2) is 0 Å². The molecule has 1 aliphatic rings. The smallest absolute Gasteiger partial charge is 0.227 e. The summed E-state index contributed by atoms with van der Waals surface area (Å²) >= 11 is 0. The SMILES string of the molecule is CCc1nc(N)nc(NCC2CN(C)CCO2)n1. The highest BCUT2D eigenvalue weighted by atomic mass is 16.5. The van der Waals surface area contributed by atoms with Crippen LogP contribution in [0.1, 0.15) is 12.7 Å². The molecule has 0 bridgehead atoms. The van der Waals surface area contributed by atoms with Gasteiger partial charge in [0, 0.05) is 26.1 Å². The fourth-order valence-corrected chi connectivity index (χ4v) is 1.87. The fourth-order valence-electron chi connectivity index (χ4n) is 1.87. The molecule has 0 radical (unpaired) electrons. The molecule has 2 heterocycles. The molecule has 1 aliphatic heterocycles. The maximum absolute atomic E-state index is 5.65. The second-order valence-electron chi connectivity index (χ2n) is 4.42. The van der Waals surface area contributed by atoms with Crippen LogP contribution in [0, 0.1) is 0 Å². The molecule has 2 rings (SSSR count). The van der Waals surface area contributed by atoms with E-state index in [0.717, 1.165) is 26.1 Å². The molecule has 0 saturated carbocycles. The van der Waals surface area contributed by atoms with Crippen molar-refractivity contribution >= 4 is 11.9 Å². The van der Waals surface area contributed by atoms with Crippen molar-refractivity contribution in [2.75, 3.05) is 44.3 Å². The predicted octanol–water partition coefficient (Wildman–Crippen LogP) is -0.241. The first-order chi connectivity index (χ1) is 8.67. The number of rotatable bonds is 4. The third-order valence-corrected chi connectivity index (χ3v) is 2.84. The molecular weight excluding hydrogens is 232 g/mol. The Bertz CT molecular complexity index is 399. The number of morpholine rings is 1. The summed E-state index contributed by atoms with van der Waals surface area (Å²) in [5.41, 5.74) is 5.62. The van der Waals surface area contributed by atoms with Crippen molar-refractivity contribution in [1.82, 2.24) is 19.9 Å². The quantitative estimate of drug-likeness (QED) is 0.764. The first kappa shape index (κ1) is 13.0. The number of nitrogens with zero attached hydrogens (tertiary/aromatic N) is 4. The van der Waals surface area contributed by atoms with Crippen molar-refractivity contribution in [3.63, 3.8) is 0 Å². The lowest BCUT2D eigenvalue weighted by atomic mass is 10.3. The summed E-state index contributed by atoms with van der Waals surface area (Å²) in [5, 5.41) is 3.16. The van der Waals surface area contributed by atoms with Gasteiger partial charge in [-0.2, -0.15) is 15.0 Å². The molecule has 0 spiro atoms. The zero-order valence-electron chi connectivity index (χ0n) is 10.9. The summed E-state index contributed by atoms with van der Waals surface area (Å²) in [6, 6.07) is 0. The number of nitrogens with two attached hydrogens (primary N) is 1. The highest BCUT2D eigenvalue weighted by Crippen LogP contribution is 2.06. The van der Waals surface area contributed by atoms with Crippen LogP contribution in [-0.4, -0.2) is 59.2 Å². The van der Waals surface area contributed by atoms with E-state index in [-0.39, 0.29) is 12.1 Å². The third kappa shape index (κ3) is 3.51. The molecular formula is C11H20N6O. The van der Waals surface area contributed by atoms with Crippen LogP contribution in [0.5, 0.6) is 0 Å². The molecule has 7 heteroatoms. The van der Waals surface area contributed by atoms with Crippen LogP contribution in [-0.2, 0) is 11.2 Å². The maximum atomic E-state index is 5.65. The summed E-state index contributed by atoms with van der Waals surface area (Å²) in [4.78, 5) is 14.6. The lowest BCUT2D eigenvalue weighted by Gasteiger charge is -2.30. The minimum Gasteiger partial charge on any atom is -0.374 e. The van der Waals surface area contributed by atoms with Crippen LogP contribution in [0.25, 0.3) is 0 Å². The number of aromatic nitrogens is 3. The second kappa shape index (κ2) is 5.92. The number of aryl methyl sites for hydroxylation is 1. The van der Waals surface area contributed by atoms with Crippen LogP contribution in [0.3, 0.4) is 0 Å². The molecule has 0 aromatic carbocycles. The van der Waals surface area contributed by atoms with Gasteiger partial charge >= 0.3 is 0 Å². The second-order valence-corrected chi connectivity index (χ2v) is 4.42. The lowest BCUT2D eigenvalue weighted by Crippen LogP contribution is -2.43. The molecule has 1 fully saturated rings. The van der Waals surface area contributed by atoms with Gasteiger partial charge in [0.05, 0.1) is 12.7 Å². The molecule has 1 saturated heterocycles. The highest BCUT2D eigenvalue weighted by molar-refractivity contribution is 5.31. The Morgan fingerprint density at radius 3 is 3.00 bits per heavy atom. The summed E-state index contributed by atoms with van der Waals surface area (Å²) in [6.45, 7) is 5.32. The minimum absolute atomic E-state index is 0.159. The molecule has 1 aromatic heterocycles. The van der Waals surface area contributed by atoms with Crippen molar-refractivity contribution in [3.05, 3.63) is 5.82 Å². The third-order valence-electron chi connectivity index (χ3n) is 2.84. The van der Waals surface area contributed by atoms with Crippen LogP contribution < -0.4 is 11.1 Å². The van der Waals surface area contributed by atoms with Crippen molar-refractivity contribution in [2.45, 2.75) is 19.4 Å². The summed E-state index contributed by atoms with van der Waals surface area (Å²) in [5.74, 6) is 1.48. The van der Waals surface area contributed by atoms with Crippen molar-refractivity contribution < 1.29 is 4.74 Å². The molecule has 1 atom stereocenters. The van der Waals surface area contributed by atoms with Gasteiger partial charge in [-0.3, -0.25) is 0 Å². The number of likely N-dealkylation sites (N-methyl/N-ethyl adjacent to an activating group) is 1. The van der Waals surface area contributed by atoms with E-state index < -0.39 is 0 Å². The average molecular weight is 252 g/mol. The molecule has 1 aromatic rings. The molecule has 100 valence electrons. The summed E-state index contributed by atoms with van der Waals surface area (Å²) < 4.78 is 5.65. The van der Waals surface area contributed by atoms with Crippen molar-refractivity contribution in [2.24, 2.45) is 0 Å². The lowest BCUT2D eigenvalue weighted by molar-refractivity contribution is -0.0118. The molecule has 18 heavy (non-hydrogen) atoms. The Labute approximate surface area is 107 Å². The number of nitrogen functional groups attached to an aromatic ring is 1. The van der Waals surface area contributed by atoms with E-state index in [1.54, 1.807) is 0 Å². The summed E-state index contributed by atoms with van der Waals surface area (Å²) in [7, 11) is 2.09. The van der Waals surface area contributed by atoms with Crippen LogP contribution in [0.4, 0.5) is 11.9 Å². The molecule has 7 nitrogen and oxygen atoms in total. The largest absolute Gasteiger partial charge is 0.374 e. The van der Waals surface area contributed by atoms with Gasteiger partial charge in [-0.1, -0.05) is 6.92 Å². The van der Waals surface area contributed by atoms with Gasteiger partial charge in [0.1, 0.15) is 5.82 Å². The monoisotopic (exact) mass is 252 g/mol. The van der Waals surface area contributed by atoms with Crippen molar-refractivity contribution in [3.8, 4) is 0 Å². The summed E-state index contributed by atoms with van der Waals surface area (Å²) in [6.07, 6.45) is 0.899. The minimum atomic E-state index is 0.159. The van der Waals surface area contributed by atoms with Gasteiger partial charge in [0.15, 0.2) is 0 Å². The Hall–Kier alpha value is -1.47. The molecule has 0 aliphatic carbocycles. The van der Waals surface area contributed by atoms with E-state index in [4.69, 9.17) is 10.5 Å². The number of hydrogen-bond donors (Lipinski definition) is 2. The average Bonchev–Trinajstić information content (AvgIpc) is 2.36. The van der Waals surface area contributed by atoms with Crippen LogP contribution in [0.2, 0.25) is 0 Å². The van der Waals surface area contributed by atoms with E-state index in [0.29, 0.717) is 18.3 Å². The van der Waals surface area contributed by atoms with Gasteiger partial charge in [0.2, 0.25) is 11.9 Å². The Morgan fingerprint density at radius 2 is 2.28 bits per heavy atom. The van der Waals surface area contributed by atoms with Gasteiger partial charge in [-0.15, -0.1) is 0 Å². The first-order valence-electron chi connectivity index (χ1n) is 6.22. The van der Waals surface area contributed by atoms with Gasteiger partial charge < -0.3 is 20.7 Å². The van der Waals surface area contributed by atoms with E-state index in [2.05, 4.69) is 32.2 Å². The van der Waals surface area contributed by atoms with E-state index in [1.165, 1.54) is 0 Å². The fraction of sp³-hybridized carbons (Fsp3) is 0.727. The Morgan fingerprint density at radius 1 is 1.44 bits per heavy atom. The number of hydrogen-bond acceptors (Lipinski definition) is 7. The predicted molar refractivity (Wildman–Crippen MR) is 69.3 cm³/mol. The van der Waals surface area contributed by atoms with Gasteiger partial charge in [0.25, 0.3) is 0 Å². The first-order valence-corrected chi connectivity index (χ1v) is 6.22. The van der Waals surface area contributed by atoms with Crippen molar-refractivity contribution in [1.29, 1.82) is 0 Å². The van der Waals surface area contributed by atoms with E-state index in [1.807, 2.05) is 6.92 Å². The molecule has 1 unspecified atom stereocenters. The Balaban J connectivity index is 1.91. The number of anilines is 2. The molecule has 0 amide bonds. The normalized spacial score (nSPS) is 20.9. The molecule has 3 N–H and O–H groups in total. The zero-order valence-corrected chi connectivity index (χ0v) is 10.9. The van der Waals surface area contributed by atoms with Gasteiger partial charge in [-0.05, 0) is 7.05 Å².